The van der Waals surface area contributed by atoms with Gasteiger partial charge in [-0.15, -0.1) is 6.42 Å². The Morgan fingerprint density at radius 3 is 2.71 bits per heavy atom. The second-order valence-corrected chi connectivity index (χ2v) is 2.81. The molecule has 1 atom stereocenters. The predicted octanol–water partition coefficient (Wildman–Crippen LogP) is 2.34. The van der Waals surface area contributed by atoms with Crippen molar-refractivity contribution in [3.05, 3.63) is 30.3 Å². The van der Waals surface area contributed by atoms with Gasteiger partial charge in [-0.1, -0.05) is 36.0 Å². The van der Waals surface area contributed by atoms with Gasteiger partial charge in [-0.2, -0.15) is 0 Å². The summed E-state index contributed by atoms with van der Waals surface area (Å²) in [4.78, 5) is 0. The molecule has 0 saturated heterocycles. The number of terminal acetylenes is 1. The third-order valence-electron chi connectivity index (χ3n) is 1.62. The maximum atomic E-state index is 5.36. The normalized spacial score (nSPS) is 10.6. The SMILES string of the molecule is C#CC(C)C#CCOc1ccccc1. The number of rotatable bonds is 2. The molecule has 70 valence electrons. The monoisotopic (exact) mass is 184 g/mol. The summed E-state index contributed by atoms with van der Waals surface area (Å²) in [7, 11) is 0. The minimum Gasteiger partial charge on any atom is -0.481 e. The van der Waals surface area contributed by atoms with Crippen molar-refractivity contribution in [2.45, 2.75) is 6.92 Å². The van der Waals surface area contributed by atoms with Crippen LogP contribution in [0.15, 0.2) is 30.3 Å². The van der Waals surface area contributed by atoms with Crippen molar-refractivity contribution in [1.82, 2.24) is 0 Å². The molecule has 0 aliphatic heterocycles. The molecule has 0 bridgehead atoms. The first-order chi connectivity index (χ1) is 6.83. The first-order valence-corrected chi connectivity index (χ1v) is 4.45. The lowest BCUT2D eigenvalue weighted by atomic mass is 10.2. The fraction of sp³-hybridized carbons (Fsp3) is 0.231. The van der Waals surface area contributed by atoms with E-state index >= 15 is 0 Å². The van der Waals surface area contributed by atoms with Crippen molar-refractivity contribution in [3.8, 4) is 29.9 Å². The van der Waals surface area contributed by atoms with Crippen LogP contribution in [0.4, 0.5) is 0 Å². The first-order valence-electron chi connectivity index (χ1n) is 4.45. The molecule has 0 radical (unpaired) electrons. The zero-order valence-corrected chi connectivity index (χ0v) is 8.16. The summed E-state index contributed by atoms with van der Waals surface area (Å²) < 4.78 is 5.36. The molecule has 0 aliphatic carbocycles. The summed E-state index contributed by atoms with van der Waals surface area (Å²) in [5.41, 5.74) is 0. The molecule has 0 aromatic heterocycles. The Bertz CT molecular complexity index is 362. The van der Waals surface area contributed by atoms with Crippen LogP contribution in [-0.4, -0.2) is 6.61 Å². The van der Waals surface area contributed by atoms with E-state index in [1.54, 1.807) is 0 Å². The average Bonchev–Trinajstić information content (AvgIpc) is 2.25. The average molecular weight is 184 g/mol. The molecule has 0 heterocycles. The fourth-order valence-corrected chi connectivity index (χ4v) is 0.873. The highest BCUT2D eigenvalue weighted by Crippen LogP contribution is 2.07. The van der Waals surface area contributed by atoms with Gasteiger partial charge >= 0.3 is 0 Å². The number of hydrogen-bond donors (Lipinski definition) is 0. The smallest absolute Gasteiger partial charge is 0.149 e. The van der Waals surface area contributed by atoms with Crippen LogP contribution in [0.2, 0.25) is 0 Å². The highest BCUT2D eigenvalue weighted by atomic mass is 16.5. The van der Waals surface area contributed by atoms with E-state index in [4.69, 9.17) is 11.2 Å². The Kier molecular flexibility index (Phi) is 4.18. The van der Waals surface area contributed by atoms with Gasteiger partial charge in [-0.05, 0) is 19.1 Å². The van der Waals surface area contributed by atoms with E-state index in [0.717, 1.165) is 5.75 Å². The zero-order valence-electron chi connectivity index (χ0n) is 8.16. The first kappa shape index (κ1) is 10.2. The predicted molar refractivity (Wildman–Crippen MR) is 57.7 cm³/mol. The highest BCUT2D eigenvalue weighted by molar-refractivity contribution is 5.22. The Labute approximate surface area is 85.1 Å². The third-order valence-corrected chi connectivity index (χ3v) is 1.62. The summed E-state index contributed by atoms with van der Waals surface area (Å²) >= 11 is 0. The van der Waals surface area contributed by atoms with Crippen LogP contribution in [0, 0.1) is 30.1 Å². The lowest BCUT2D eigenvalue weighted by Gasteiger charge is -1.99. The Hall–Kier alpha value is -1.86. The highest BCUT2D eigenvalue weighted by Gasteiger charge is 1.88. The van der Waals surface area contributed by atoms with Gasteiger partial charge in [0.15, 0.2) is 0 Å². The van der Waals surface area contributed by atoms with E-state index in [-0.39, 0.29) is 5.92 Å². The van der Waals surface area contributed by atoms with Gasteiger partial charge in [-0.3, -0.25) is 0 Å². The molecular formula is C13H12O. The zero-order chi connectivity index (χ0) is 10.2. The van der Waals surface area contributed by atoms with Crippen molar-refractivity contribution in [2.75, 3.05) is 6.61 Å². The van der Waals surface area contributed by atoms with Gasteiger partial charge in [0.05, 0.1) is 5.92 Å². The van der Waals surface area contributed by atoms with E-state index in [0.29, 0.717) is 6.61 Å². The maximum Gasteiger partial charge on any atom is 0.149 e. The van der Waals surface area contributed by atoms with E-state index in [2.05, 4.69) is 17.8 Å². The van der Waals surface area contributed by atoms with Gasteiger partial charge < -0.3 is 4.74 Å². The maximum absolute atomic E-state index is 5.36. The number of hydrogen-bond acceptors (Lipinski definition) is 1. The molecule has 0 saturated carbocycles. The number of para-hydroxylation sites is 1. The van der Waals surface area contributed by atoms with Crippen LogP contribution < -0.4 is 4.74 Å². The molecule has 0 spiro atoms. The van der Waals surface area contributed by atoms with Crippen molar-refractivity contribution in [1.29, 1.82) is 0 Å². The molecular weight excluding hydrogens is 172 g/mol. The van der Waals surface area contributed by atoms with Crippen LogP contribution in [0.1, 0.15) is 6.92 Å². The second kappa shape index (κ2) is 5.73. The van der Waals surface area contributed by atoms with E-state index in [1.165, 1.54) is 0 Å². The van der Waals surface area contributed by atoms with Crippen molar-refractivity contribution in [2.24, 2.45) is 5.92 Å². The molecule has 0 aliphatic rings. The summed E-state index contributed by atoms with van der Waals surface area (Å²) in [5.74, 6) is 9.12. The molecule has 1 nitrogen and oxygen atoms in total. The Morgan fingerprint density at radius 2 is 2.07 bits per heavy atom. The largest absolute Gasteiger partial charge is 0.481 e. The molecule has 1 aromatic carbocycles. The number of benzene rings is 1. The molecule has 1 unspecified atom stereocenters. The van der Waals surface area contributed by atoms with Gasteiger partial charge in [0.25, 0.3) is 0 Å². The van der Waals surface area contributed by atoms with E-state index in [9.17, 15) is 0 Å². The minimum atomic E-state index is -0.00521. The van der Waals surface area contributed by atoms with Crippen molar-refractivity contribution < 1.29 is 4.74 Å². The Morgan fingerprint density at radius 1 is 1.36 bits per heavy atom. The lowest BCUT2D eigenvalue weighted by Crippen LogP contribution is -1.94. The summed E-state index contributed by atoms with van der Waals surface area (Å²) in [6.45, 7) is 2.27. The molecule has 1 heteroatoms. The van der Waals surface area contributed by atoms with Gasteiger partial charge in [-0.25, -0.2) is 0 Å². The van der Waals surface area contributed by atoms with Gasteiger partial charge in [0, 0.05) is 0 Å². The summed E-state index contributed by atoms with van der Waals surface area (Å²) in [6, 6.07) is 9.58. The van der Waals surface area contributed by atoms with Gasteiger partial charge in [0.2, 0.25) is 0 Å². The van der Waals surface area contributed by atoms with Crippen LogP contribution in [0.5, 0.6) is 5.75 Å². The van der Waals surface area contributed by atoms with E-state index in [1.807, 2.05) is 37.3 Å². The van der Waals surface area contributed by atoms with Crippen molar-refractivity contribution >= 4 is 0 Å². The van der Waals surface area contributed by atoms with E-state index < -0.39 is 0 Å². The molecule has 0 fully saturated rings. The molecule has 0 N–H and O–H groups in total. The van der Waals surface area contributed by atoms with Crippen LogP contribution >= 0.6 is 0 Å². The topological polar surface area (TPSA) is 9.23 Å². The molecule has 1 rings (SSSR count). The minimum absolute atomic E-state index is 0.00521. The standard InChI is InChI=1S/C13H12O/c1-3-12(2)8-7-11-14-13-9-5-4-6-10-13/h1,4-6,9-10,12H,11H2,2H3. The summed E-state index contributed by atoms with van der Waals surface area (Å²) in [5, 5.41) is 0. The lowest BCUT2D eigenvalue weighted by molar-refractivity contribution is 0.370. The number of ether oxygens (including phenoxy) is 1. The third kappa shape index (κ3) is 3.70. The fourth-order valence-electron chi connectivity index (χ4n) is 0.873. The quantitative estimate of drug-likeness (QED) is 0.641. The molecule has 1 aromatic rings. The molecule has 14 heavy (non-hydrogen) atoms. The van der Waals surface area contributed by atoms with Crippen LogP contribution in [0.3, 0.4) is 0 Å². The second-order valence-electron chi connectivity index (χ2n) is 2.81. The van der Waals surface area contributed by atoms with Crippen LogP contribution in [-0.2, 0) is 0 Å². The van der Waals surface area contributed by atoms with Crippen molar-refractivity contribution in [3.63, 3.8) is 0 Å². The van der Waals surface area contributed by atoms with Crippen LogP contribution in [0.25, 0.3) is 0 Å². The summed E-state index contributed by atoms with van der Waals surface area (Å²) in [6.07, 6.45) is 5.17. The Balaban J connectivity index is 2.35. The molecule has 0 amide bonds. The van der Waals surface area contributed by atoms with Gasteiger partial charge in [0.1, 0.15) is 12.4 Å².